The summed E-state index contributed by atoms with van der Waals surface area (Å²) in [5.41, 5.74) is 2.10. The zero-order valence-corrected chi connectivity index (χ0v) is 21.3. The minimum atomic E-state index is -0.600. The minimum absolute atomic E-state index is 0.111. The summed E-state index contributed by atoms with van der Waals surface area (Å²) in [7, 11) is 0. The SMILES string of the molecule is Cc1cccc(CN(C(=O)COc2ccc3ccccc3c2Br)C(C)C(=O)NC2CCCC2)c1. The molecule has 0 spiro atoms. The molecule has 178 valence electrons. The molecule has 0 aromatic heterocycles. The molecular formula is C28H31BrN2O3. The molecule has 0 saturated heterocycles. The van der Waals surface area contributed by atoms with Crippen molar-refractivity contribution in [1.82, 2.24) is 10.2 Å². The number of nitrogens with one attached hydrogen (secondary N) is 1. The van der Waals surface area contributed by atoms with Crippen molar-refractivity contribution in [3.05, 3.63) is 76.3 Å². The second-order valence-electron chi connectivity index (χ2n) is 9.06. The summed E-state index contributed by atoms with van der Waals surface area (Å²) in [4.78, 5) is 28.0. The largest absolute Gasteiger partial charge is 0.483 e. The molecule has 1 atom stereocenters. The molecule has 3 aromatic carbocycles. The molecule has 6 heteroatoms. The number of ether oxygens (including phenoxy) is 1. The van der Waals surface area contributed by atoms with E-state index in [1.54, 1.807) is 11.8 Å². The molecule has 0 bridgehead atoms. The van der Waals surface area contributed by atoms with Gasteiger partial charge >= 0.3 is 0 Å². The molecule has 1 unspecified atom stereocenters. The van der Waals surface area contributed by atoms with Gasteiger partial charge in [0, 0.05) is 12.6 Å². The standard InChI is InChI=1S/C28H31BrN2O3/c1-19-8-7-9-21(16-19)17-31(20(2)28(33)30-23-11-4-5-12-23)26(32)18-34-25-15-14-22-10-3-6-13-24(22)27(25)29/h3,6-10,13-16,20,23H,4-5,11-12,17-18H2,1-2H3,(H,30,33). The van der Waals surface area contributed by atoms with Crippen molar-refractivity contribution in [3.8, 4) is 5.75 Å². The Kier molecular flexibility index (Phi) is 7.88. The zero-order valence-electron chi connectivity index (χ0n) is 19.7. The van der Waals surface area contributed by atoms with Crippen molar-refractivity contribution >= 4 is 38.5 Å². The second-order valence-corrected chi connectivity index (χ2v) is 9.86. The minimum Gasteiger partial charge on any atom is -0.483 e. The van der Waals surface area contributed by atoms with Crippen LogP contribution in [0, 0.1) is 6.92 Å². The summed E-state index contributed by atoms with van der Waals surface area (Å²) in [6.07, 6.45) is 4.28. The van der Waals surface area contributed by atoms with Gasteiger partial charge in [-0.2, -0.15) is 0 Å². The number of carbonyl (C=O) groups is 2. The van der Waals surface area contributed by atoms with E-state index in [0.29, 0.717) is 12.3 Å². The molecule has 0 heterocycles. The monoisotopic (exact) mass is 522 g/mol. The fraction of sp³-hybridized carbons (Fsp3) is 0.357. The van der Waals surface area contributed by atoms with Crippen molar-refractivity contribution in [2.45, 2.75) is 58.2 Å². The van der Waals surface area contributed by atoms with Gasteiger partial charge < -0.3 is 15.0 Å². The average molecular weight is 523 g/mol. The molecule has 1 saturated carbocycles. The van der Waals surface area contributed by atoms with Gasteiger partial charge in [-0.15, -0.1) is 0 Å². The number of amides is 2. The molecule has 1 aliphatic carbocycles. The number of aryl methyl sites for hydroxylation is 1. The Morgan fingerprint density at radius 2 is 1.85 bits per heavy atom. The van der Waals surface area contributed by atoms with Crippen LogP contribution in [-0.2, 0) is 16.1 Å². The molecule has 1 N–H and O–H groups in total. The fourth-order valence-corrected chi connectivity index (χ4v) is 5.14. The van der Waals surface area contributed by atoms with Gasteiger partial charge in [-0.25, -0.2) is 0 Å². The normalized spacial score (nSPS) is 14.7. The van der Waals surface area contributed by atoms with Crippen molar-refractivity contribution in [2.24, 2.45) is 0 Å². The van der Waals surface area contributed by atoms with Crippen LogP contribution in [0.15, 0.2) is 65.1 Å². The van der Waals surface area contributed by atoms with E-state index in [0.717, 1.165) is 52.1 Å². The number of rotatable bonds is 8. The highest BCUT2D eigenvalue weighted by Crippen LogP contribution is 2.33. The molecule has 5 nitrogen and oxygen atoms in total. The van der Waals surface area contributed by atoms with Gasteiger partial charge in [0.15, 0.2) is 6.61 Å². The zero-order chi connectivity index (χ0) is 24.1. The van der Waals surface area contributed by atoms with E-state index in [-0.39, 0.29) is 24.5 Å². The molecule has 34 heavy (non-hydrogen) atoms. The van der Waals surface area contributed by atoms with Crippen LogP contribution in [-0.4, -0.2) is 35.4 Å². The van der Waals surface area contributed by atoms with Crippen molar-refractivity contribution in [3.63, 3.8) is 0 Å². The molecule has 4 rings (SSSR count). The number of fused-ring (bicyclic) bond motifs is 1. The molecule has 1 fully saturated rings. The summed E-state index contributed by atoms with van der Waals surface area (Å²) >= 11 is 3.62. The first-order chi connectivity index (χ1) is 16.4. The molecule has 0 aliphatic heterocycles. The number of benzene rings is 3. The third-order valence-electron chi connectivity index (χ3n) is 6.48. The molecule has 0 radical (unpaired) electrons. The Bertz CT molecular complexity index is 1170. The maximum absolute atomic E-state index is 13.4. The highest BCUT2D eigenvalue weighted by atomic mass is 79.9. The Morgan fingerprint density at radius 1 is 1.09 bits per heavy atom. The number of carbonyl (C=O) groups excluding carboxylic acids is 2. The van der Waals surface area contributed by atoms with Gasteiger partial charge in [-0.3, -0.25) is 9.59 Å². The lowest BCUT2D eigenvalue weighted by Crippen LogP contribution is -2.50. The lowest BCUT2D eigenvalue weighted by molar-refractivity contribution is -0.142. The van der Waals surface area contributed by atoms with Crippen molar-refractivity contribution in [2.75, 3.05) is 6.61 Å². The highest BCUT2D eigenvalue weighted by Gasteiger charge is 2.29. The maximum Gasteiger partial charge on any atom is 0.261 e. The lowest BCUT2D eigenvalue weighted by atomic mass is 10.1. The lowest BCUT2D eigenvalue weighted by Gasteiger charge is -2.30. The van der Waals surface area contributed by atoms with Crippen LogP contribution < -0.4 is 10.1 Å². The summed E-state index contributed by atoms with van der Waals surface area (Å²) in [5, 5.41) is 5.24. The van der Waals surface area contributed by atoms with Crippen molar-refractivity contribution < 1.29 is 14.3 Å². The van der Waals surface area contributed by atoms with Gasteiger partial charge in [0.05, 0.1) is 4.47 Å². The van der Waals surface area contributed by atoms with Gasteiger partial charge in [-0.1, -0.05) is 73.0 Å². The van der Waals surface area contributed by atoms with Crippen LogP contribution in [0.3, 0.4) is 0 Å². The van der Waals surface area contributed by atoms with Crippen LogP contribution in [0.2, 0.25) is 0 Å². The summed E-state index contributed by atoms with van der Waals surface area (Å²) in [6, 6.07) is 19.5. The van der Waals surface area contributed by atoms with Crippen molar-refractivity contribution in [1.29, 1.82) is 0 Å². The summed E-state index contributed by atoms with van der Waals surface area (Å²) in [5.74, 6) is 0.265. The van der Waals surface area contributed by atoms with Gasteiger partial charge in [0.25, 0.3) is 5.91 Å². The van der Waals surface area contributed by atoms with Gasteiger partial charge in [-0.05, 0) is 65.0 Å². The quantitative estimate of drug-likeness (QED) is 0.408. The van der Waals surface area contributed by atoms with Crippen LogP contribution in [0.5, 0.6) is 5.75 Å². The van der Waals surface area contributed by atoms with E-state index in [2.05, 4.69) is 21.2 Å². The molecular weight excluding hydrogens is 492 g/mol. The maximum atomic E-state index is 13.4. The summed E-state index contributed by atoms with van der Waals surface area (Å²) < 4.78 is 6.76. The number of hydrogen-bond donors (Lipinski definition) is 1. The fourth-order valence-electron chi connectivity index (χ4n) is 4.53. The third-order valence-corrected chi connectivity index (χ3v) is 7.30. The Morgan fingerprint density at radius 3 is 2.62 bits per heavy atom. The van der Waals surface area contributed by atoms with Crippen LogP contribution >= 0.6 is 15.9 Å². The van der Waals surface area contributed by atoms with E-state index in [1.807, 2.05) is 67.6 Å². The van der Waals surface area contributed by atoms with E-state index in [9.17, 15) is 9.59 Å². The van der Waals surface area contributed by atoms with E-state index in [1.165, 1.54) is 0 Å². The van der Waals surface area contributed by atoms with E-state index >= 15 is 0 Å². The van der Waals surface area contributed by atoms with Crippen LogP contribution in [0.1, 0.15) is 43.7 Å². The van der Waals surface area contributed by atoms with Crippen LogP contribution in [0.25, 0.3) is 10.8 Å². The first kappa shape index (κ1) is 24.3. The Balaban J connectivity index is 1.50. The second kappa shape index (κ2) is 11.0. The number of halogens is 1. The van der Waals surface area contributed by atoms with E-state index in [4.69, 9.17) is 4.74 Å². The smallest absolute Gasteiger partial charge is 0.261 e. The topological polar surface area (TPSA) is 58.6 Å². The van der Waals surface area contributed by atoms with Gasteiger partial charge in [0.1, 0.15) is 11.8 Å². The van der Waals surface area contributed by atoms with E-state index < -0.39 is 6.04 Å². The Labute approximate surface area is 209 Å². The predicted octanol–water partition coefficient (Wildman–Crippen LogP) is 5.77. The number of hydrogen-bond acceptors (Lipinski definition) is 3. The van der Waals surface area contributed by atoms with Crippen LogP contribution in [0.4, 0.5) is 0 Å². The molecule has 2 amide bonds. The summed E-state index contributed by atoms with van der Waals surface area (Å²) in [6.45, 7) is 4.02. The third kappa shape index (κ3) is 5.79. The average Bonchev–Trinajstić information content (AvgIpc) is 3.35. The number of nitrogens with zero attached hydrogens (tertiary/aromatic N) is 1. The highest BCUT2D eigenvalue weighted by molar-refractivity contribution is 9.10. The van der Waals surface area contributed by atoms with Gasteiger partial charge in [0.2, 0.25) is 5.91 Å². The Hall–Kier alpha value is -2.86. The predicted molar refractivity (Wildman–Crippen MR) is 139 cm³/mol. The molecule has 1 aliphatic rings. The molecule has 3 aromatic rings. The first-order valence-corrected chi connectivity index (χ1v) is 12.7. The first-order valence-electron chi connectivity index (χ1n) is 11.9.